The Hall–Kier alpha value is -2.68. The zero-order chi connectivity index (χ0) is 18.0. The number of rotatable bonds is 5. The van der Waals surface area contributed by atoms with Crippen molar-refractivity contribution in [1.29, 1.82) is 0 Å². The van der Waals surface area contributed by atoms with Crippen LogP contribution in [0, 0.1) is 0 Å². The molecule has 0 spiro atoms. The number of halogens is 3. The highest BCUT2D eigenvalue weighted by Gasteiger charge is 2.16. The molecule has 0 bridgehead atoms. The van der Waals surface area contributed by atoms with E-state index < -0.39 is 12.6 Å². The summed E-state index contributed by atoms with van der Waals surface area (Å²) >= 11 is 5.91. The third-order valence-electron chi connectivity index (χ3n) is 3.57. The van der Waals surface area contributed by atoms with Crippen LogP contribution in [-0.2, 0) is 13.1 Å². The van der Waals surface area contributed by atoms with E-state index in [1.54, 1.807) is 28.9 Å². The molecule has 3 heterocycles. The number of fused-ring (bicyclic) bond motifs is 1. The number of imidazole rings is 2. The summed E-state index contributed by atoms with van der Waals surface area (Å²) in [6.07, 6.45) is 5.92. The van der Waals surface area contributed by atoms with E-state index in [1.165, 1.54) is 24.3 Å². The van der Waals surface area contributed by atoms with Gasteiger partial charge in [0.25, 0.3) is 0 Å². The zero-order valence-electron chi connectivity index (χ0n) is 13.2. The Kier molecular flexibility index (Phi) is 4.84. The summed E-state index contributed by atoms with van der Waals surface area (Å²) in [4.78, 5) is 21.6. The largest absolute Gasteiger partial charge is 0.332 e. The van der Waals surface area contributed by atoms with Gasteiger partial charge in [0, 0.05) is 31.8 Å². The maximum atomic E-state index is 12.8. The average Bonchev–Trinajstić information content (AvgIpc) is 3.18. The van der Waals surface area contributed by atoms with Crippen molar-refractivity contribution in [3.8, 4) is 0 Å². The summed E-state index contributed by atoms with van der Waals surface area (Å²) in [5.41, 5.74) is 1.36. The minimum Gasteiger partial charge on any atom is -0.332 e. The van der Waals surface area contributed by atoms with Crippen LogP contribution in [0.25, 0.3) is 5.65 Å². The molecule has 0 atom stereocenters. The van der Waals surface area contributed by atoms with Crippen molar-refractivity contribution in [2.45, 2.75) is 19.6 Å². The summed E-state index contributed by atoms with van der Waals surface area (Å²) in [6.45, 7) is -2.53. The van der Waals surface area contributed by atoms with Crippen LogP contribution in [0.5, 0.6) is 0 Å². The molecule has 1 N–H and O–H groups in total. The molecule has 132 valence electrons. The van der Waals surface area contributed by atoms with Crippen LogP contribution in [0.3, 0.4) is 0 Å². The van der Waals surface area contributed by atoms with Gasteiger partial charge in [0.15, 0.2) is 0 Å². The van der Waals surface area contributed by atoms with Crippen molar-refractivity contribution < 1.29 is 13.6 Å². The minimum absolute atomic E-state index is 0.0378. The molecule has 7 nitrogen and oxygen atoms in total. The highest BCUT2D eigenvalue weighted by molar-refractivity contribution is 6.30. The molecule has 3 rings (SSSR count). The molecule has 0 radical (unpaired) electrons. The number of carbonyl (C=O) groups is 1. The first-order valence-corrected chi connectivity index (χ1v) is 7.74. The van der Waals surface area contributed by atoms with E-state index in [0.29, 0.717) is 16.4 Å². The van der Waals surface area contributed by atoms with Crippen LogP contribution in [0.4, 0.5) is 13.6 Å². The van der Waals surface area contributed by atoms with Gasteiger partial charge in [0.2, 0.25) is 0 Å². The normalized spacial score (nSPS) is 11.2. The number of nitrogens with zero attached hydrogens (tertiary/aromatic N) is 5. The molecule has 25 heavy (non-hydrogen) atoms. The third kappa shape index (κ3) is 3.87. The van der Waals surface area contributed by atoms with Crippen LogP contribution in [0.2, 0.25) is 5.02 Å². The van der Waals surface area contributed by atoms with E-state index >= 15 is 0 Å². The van der Waals surface area contributed by atoms with Crippen molar-refractivity contribution in [3.05, 3.63) is 53.5 Å². The Morgan fingerprint density at radius 3 is 2.96 bits per heavy atom. The fourth-order valence-corrected chi connectivity index (χ4v) is 2.50. The third-order valence-corrected chi connectivity index (χ3v) is 3.79. The van der Waals surface area contributed by atoms with Gasteiger partial charge in [-0.2, -0.15) is 8.78 Å². The molecule has 0 aliphatic heterocycles. The number of hydrogen-bond acceptors (Lipinski definition) is 3. The number of carbonyl (C=O) groups excluding carboxylic acids is 1. The average molecular weight is 369 g/mol. The lowest BCUT2D eigenvalue weighted by Crippen LogP contribution is -2.37. The molecule has 0 aliphatic carbocycles. The first kappa shape index (κ1) is 17.2. The molecular formula is C15H15ClF2N6O. The number of nitrogens with one attached hydrogen (secondary N) is 1. The topological polar surface area (TPSA) is 67.5 Å². The van der Waals surface area contributed by atoms with E-state index in [0.717, 1.165) is 4.57 Å². The number of urea groups is 1. The van der Waals surface area contributed by atoms with Gasteiger partial charge < -0.3 is 14.6 Å². The van der Waals surface area contributed by atoms with Crippen molar-refractivity contribution in [3.63, 3.8) is 0 Å². The van der Waals surface area contributed by atoms with Gasteiger partial charge in [-0.25, -0.2) is 14.8 Å². The molecule has 0 saturated carbocycles. The smallest absolute Gasteiger partial charge is 0.319 e. The number of amides is 2. The summed E-state index contributed by atoms with van der Waals surface area (Å²) in [6, 6.07) is 3.08. The number of hydrogen-bond donors (Lipinski definition) is 1. The quantitative estimate of drug-likeness (QED) is 0.753. The fourth-order valence-electron chi connectivity index (χ4n) is 2.33. The van der Waals surface area contributed by atoms with Crippen molar-refractivity contribution in [1.82, 2.24) is 29.2 Å². The number of pyridine rings is 1. The van der Waals surface area contributed by atoms with Gasteiger partial charge in [0.05, 0.1) is 23.8 Å². The molecule has 10 heteroatoms. The van der Waals surface area contributed by atoms with Crippen molar-refractivity contribution >= 4 is 23.3 Å². The van der Waals surface area contributed by atoms with E-state index in [-0.39, 0.29) is 18.9 Å². The zero-order valence-corrected chi connectivity index (χ0v) is 14.0. The Morgan fingerprint density at radius 2 is 2.20 bits per heavy atom. The van der Waals surface area contributed by atoms with Gasteiger partial charge in [-0.1, -0.05) is 11.6 Å². The van der Waals surface area contributed by atoms with Gasteiger partial charge in [0.1, 0.15) is 11.5 Å². The standard InChI is InChI=1S/C15H15ClF2N6O/c1-22(9-13-19-4-5-24(13)14(17)18)15(25)20-6-11-8-23-7-10(16)2-3-12(23)21-11/h2-5,7-8,14H,6,9H2,1H3,(H,20,25). The monoisotopic (exact) mass is 368 g/mol. The summed E-state index contributed by atoms with van der Waals surface area (Å²) in [7, 11) is 1.50. The molecule has 3 aromatic rings. The van der Waals surface area contributed by atoms with Crippen LogP contribution in [0.1, 0.15) is 18.1 Å². The van der Waals surface area contributed by atoms with Gasteiger partial charge in [-0.3, -0.25) is 4.57 Å². The fraction of sp³-hybridized carbons (Fsp3) is 0.267. The lowest BCUT2D eigenvalue weighted by molar-refractivity contribution is 0.0651. The summed E-state index contributed by atoms with van der Waals surface area (Å²) in [5, 5.41) is 3.27. The Bertz CT molecular complexity index is 893. The molecule has 0 fully saturated rings. The second-order valence-corrected chi connectivity index (χ2v) is 5.82. The first-order chi connectivity index (χ1) is 11.9. The summed E-state index contributed by atoms with van der Waals surface area (Å²) in [5.74, 6) is 0.107. The molecule has 0 unspecified atom stereocenters. The second kappa shape index (κ2) is 7.06. The van der Waals surface area contributed by atoms with E-state index in [2.05, 4.69) is 15.3 Å². The second-order valence-electron chi connectivity index (χ2n) is 5.39. The molecule has 0 aromatic carbocycles. The maximum Gasteiger partial charge on any atom is 0.319 e. The molecule has 0 saturated heterocycles. The minimum atomic E-state index is -2.70. The lowest BCUT2D eigenvalue weighted by atomic mass is 10.4. The van der Waals surface area contributed by atoms with Crippen LogP contribution < -0.4 is 5.32 Å². The number of alkyl halides is 2. The van der Waals surface area contributed by atoms with Gasteiger partial charge >= 0.3 is 12.6 Å². The summed E-state index contributed by atoms with van der Waals surface area (Å²) < 4.78 is 28.1. The molecule has 2 amide bonds. The highest BCUT2D eigenvalue weighted by atomic mass is 35.5. The maximum absolute atomic E-state index is 12.8. The Labute approximate surface area is 146 Å². The lowest BCUT2D eigenvalue weighted by Gasteiger charge is -2.18. The Balaban J connectivity index is 1.60. The van der Waals surface area contributed by atoms with E-state index in [4.69, 9.17) is 11.6 Å². The van der Waals surface area contributed by atoms with Gasteiger partial charge in [-0.05, 0) is 12.1 Å². The molecule has 3 aromatic heterocycles. The van der Waals surface area contributed by atoms with Crippen LogP contribution >= 0.6 is 11.6 Å². The van der Waals surface area contributed by atoms with Crippen molar-refractivity contribution in [2.75, 3.05) is 7.05 Å². The predicted octanol–water partition coefficient (Wildman–Crippen LogP) is 2.92. The Morgan fingerprint density at radius 1 is 1.40 bits per heavy atom. The van der Waals surface area contributed by atoms with Crippen LogP contribution in [-0.4, -0.2) is 36.9 Å². The van der Waals surface area contributed by atoms with Crippen LogP contribution in [0.15, 0.2) is 36.9 Å². The molecule has 0 aliphatic rings. The number of aromatic nitrogens is 4. The SMILES string of the molecule is CN(Cc1nccn1C(F)F)C(=O)NCc1cn2cc(Cl)ccc2n1. The van der Waals surface area contributed by atoms with E-state index in [1.807, 2.05) is 0 Å². The first-order valence-electron chi connectivity index (χ1n) is 7.36. The predicted molar refractivity (Wildman–Crippen MR) is 87.4 cm³/mol. The van der Waals surface area contributed by atoms with E-state index in [9.17, 15) is 13.6 Å². The highest BCUT2D eigenvalue weighted by Crippen LogP contribution is 2.14. The molecular weight excluding hydrogens is 354 g/mol. The van der Waals surface area contributed by atoms with Crippen molar-refractivity contribution in [2.24, 2.45) is 0 Å². The van der Waals surface area contributed by atoms with Gasteiger partial charge in [-0.15, -0.1) is 0 Å².